The normalized spacial score (nSPS) is 10.6. The van der Waals surface area contributed by atoms with Crippen LogP contribution in [0.2, 0.25) is 0 Å². The zero-order valence-electron chi connectivity index (χ0n) is 15.2. The first-order valence-corrected chi connectivity index (χ1v) is 9.33. The van der Waals surface area contributed by atoms with Crippen molar-refractivity contribution >= 4 is 49.9 Å². The number of carbonyl (C=O) groups is 2. The molecule has 2 N–H and O–H groups in total. The average molecular weight is 519 g/mol. The fourth-order valence-electron chi connectivity index (χ4n) is 2.11. The van der Waals surface area contributed by atoms with E-state index >= 15 is 0 Å². The number of hydrogen-bond donors (Lipinski definition) is 2. The van der Waals surface area contributed by atoms with Crippen LogP contribution >= 0.6 is 31.9 Å². The van der Waals surface area contributed by atoms with Crippen LogP contribution in [0.5, 0.6) is 17.2 Å². The van der Waals surface area contributed by atoms with E-state index in [1.807, 2.05) is 0 Å². The van der Waals surface area contributed by atoms with Gasteiger partial charge in [-0.2, -0.15) is 5.10 Å². The van der Waals surface area contributed by atoms with Gasteiger partial charge in [0.25, 0.3) is 11.8 Å². The quantitative estimate of drug-likeness (QED) is 0.410. The van der Waals surface area contributed by atoms with Crippen molar-refractivity contribution in [3.63, 3.8) is 0 Å². The molecule has 2 rings (SSSR count). The molecule has 11 heteroatoms. The molecule has 2 aromatic rings. The van der Waals surface area contributed by atoms with E-state index in [2.05, 4.69) is 47.7 Å². The molecule has 0 saturated carbocycles. The lowest BCUT2D eigenvalue weighted by atomic mass is 10.1. The first-order valence-electron chi connectivity index (χ1n) is 7.74. The Labute approximate surface area is 177 Å². The lowest BCUT2D eigenvalue weighted by Crippen LogP contribution is -2.34. The van der Waals surface area contributed by atoms with Gasteiger partial charge in [0.2, 0.25) is 5.75 Å². The summed E-state index contributed by atoms with van der Waals surface area (Å²) in [5.74, 6) is 0.456. The number of benzene rings is 1. The topological polar surface area (TPSA) is 111 Å². The van der Waals surface area contributed by atoms with Crippen LogP contribution in [0.4, 0.5) is 0 Å². The van der Waals surface area contributed by atoms with E-state index < -0.39 is 11.8 Å². The highest BCUT2D eigenvalue weighted by Gasteiger charge is 2.17. The van der Waals surface area contributed by atoms with Gasteiger partial charge in [-0.1, -0.05) is 0 Å². The van der Waals surface area contributed by atoms with Crippen LogP contribution in [0.25, 0.3) is 0 Å². The maximum Gasteiger partial charge on any atom is 0.259 e. The first-order chi connectivity index (χ1) is 13.4. The second-order valence-electron chi connectivity index (χ2n) is 5.16. The van der Waals surface area contributed by atoms with Gasteiger partial charge < -0.3 is 23.9 Å². The number of furan rings is 1. The van der Waals surface area contributed by atoms with E-state index in [1.165, 1.54) is 39.7 Å². The van der Waals surface area contributed by atoms with Crippen molar-refractivity contribution in [2.45, 2.75) is 0 Å². The summed E-state index contributed by atoms with van der Waals surface area (Å²) >= 11 is 6.46. The summed E-state index contributed by atoms with van der Waals surface area (Å²) in [4.78, 5) is 24.1. The van der Waals surface area contributed by atoms with E-state index in [0.29, 0.717) is 27.7 Å². The molecule has 0 aliphatic rings. The van der Waals surface area contributed by atoms with Crippen LogP contribution in [0.15, 0.2) is 36.9 Å². The van der Waals surface area contributed by atoms with Crippen molar-refractivity contribution in [1.29, 1.82) is 0 Å². The third-order valence-corrected chi connectivity index (χ3v) is 5.09. The molecule has 28 heavy (non-hydrogen) atoms. The molecular weight excluding hydrogens is 502 g/mol. The van der Waals surface area contributed by atoms with Gasteiger partial charge in [-0.3, -0.25) is 9.59 Å². The summed E-state index contributed by atoms with van der Waals surface area (Å²) in [6.07, 6.45) is 1.33. The summed E-state index contributed by atoms with van der Waals surface area (Å²) in [5.41, 5.74) is 2.53. The lowest BCUT2D eigenvalue weighted by Gasteiger charge is -2.13. The molecule has 1 aromatic heterocycles. The molecule has 0 spiro atoms. The largest absolute Gasteiger partial charge is 0.493 e. The van der Waals surface area contributed by atoms with Gasteiger partial charge in [0, 0.05) is 11.6 Å². The predicted octanol–water partition coefficient (Wildman–Crippen LogP) is 2.71. The number of nitrogens with zero attached hydrogens (tertiary/aromatic N) is 1. The molecule has 0 bridgehead atoms. The van der Waals surface area contributed by atoms with Crippen molar-refractivity contribution in [1.82, 2.24) is 10.7 Å². The van der Waals surface area contributed by atoms with Crippen LogP contribution in [-0.2, 0) is 4.79 Å². The Morgan fingerprint density at radius 3 is 2.25 bits per heavy atom. The Bertz CT molecular complexity index is 853. The first kappa shape index (κ1) is 21.8. The van der Waals surface area contributed by atoms with Gasteiger partial charge in [-0.05, 0) is 44.0 Å². The summed E-state index contributed by atoms with van der Waals surface area (Å²) in [5, 5.41) is 6.24. The molecule has 150 valence electrons. The highest BCUT2D eigenvalue weighted by molar-refractivity contribution is 9.13. The van der Waals surface area contributed by atoms with Crippen molar-refractivity contribution in [3.8, 4) is 17.2 Å². The maximum absolute atomic E-state index is 12.3. The third kappa shape index (κ3) is 5.49. The van der Waals surface area contributed by atoms with Crippen LogP contribution in [0.1, 0.15) is 16.1 Å². The molecule has 1 aromatic carbocycles. The van der Waals surface area contributed by atoms with Gasteiger partial charge in [0.1, 0.15) is 5.76 Å². The maximum atomic E-state index is 12.3. The van der Waals surface area contributed by atoms with E-state index in [0.717, 1.165) is 4.47 Å². The number of rotatable bonds is 8. The minimum atomic E-state index is -0.512. The predicted molar refractivity (Wildman–Crippen MR) is 108 cm³/mol. The highest BCUT2D eigenvalue weighted by Crippen LogP contribution is 2.38. The molecule has 2 amide bonds. The van der Waals surface area contributed by atoms with E-state index in [-0.39, 0.29) is 12.1 Å². The molecule has 0 fully saturated rings. The van der Waals surface area contributed by atoms with E-state index in [9.17, 15) is 9.59 Å². The van der Waals surface area contributed by atoms with Crippen molar-refractivity contribution in [2.75, 3.05) is 27.9 Å². The van der Waals surface area contributed by atoms with Gasteiger partial charge in [-0.25, -0.2) is 5.43 Å². The van der Waals surface area contributed by atoms with E-state index in [4.69, 9.17) is 18.6 Å². The molecule has 0 radical (unpaired) electrons. The van der Waals surface area contributed by atoms with E-state index in [1.54, 1.807) is 6.07 Å². The zero-order chi connectivity index (χ0) is 20.7. The average Bonchev–Trinajstić information content (AvgIpc) is 3.01. The van der Waals surface area contributed by atoms with Gasteiger partial charge >= 0.3 is 0 Å². The minimum absolute atomic E-state index is 0.246. The highest BCUT2D eigenvalue weighted by atomic mass is 79.9. The Kier molecular flexibility index (Phi) is 7.88. The molecule has 0 aliphatic heterocycles. The number of hydrazone groups is 1. The third-order valence-electron chi connectivity index (χ3n) is 3.38. The monoisotopic (exact) mass is 517 g/mol. The van der Waals surface area contributed by atoms with Gasteiger partial charge in [-0.15, -0.1) is 0 Å². The Balaban J connectivity index is 1.95. The number of methoxy groups -OCH3 is 3. The number of hydrogen-bond acceptors (Lipinski definition) is 7. The summed E-state index contributed by atoms with van der Waals surface area (Å²) < 4.78 is 22.1. The summed E-state index contributed by atoms with van der Waals surface area (Å²) in [6, 6.07) is 4.64. The summed E-state index contributed by atoms with van der Waals surface area (Å²) in [6.45, 7) is -0.279. The van der Waals surface area contributed by atoms with Crippen LogP contribution in [0.3, 0.4) is 0 Å². The fraction of sp³-hybridized carbons (Fsp3) is 0.235. The van der Waals surface area contributed by atoms with Crippen LogP contribution < -0.4 is 25.0 Å². The smallest absolute Gasteiger partial charge is 0.259 e. The summed E-state index contributed by atoms with van der Waals surface area (Å²) in [7, 11) is 4.35. The van der Waals surface area contributed by atoms with Crippen molar-refractivity contribution in [3.05, 3.63) is 38.7 Å². The molecule has 0 saturated heterocycles. The SMILES string of the molecule is COc1cc(C(=O)NCC(=O)N/N=C\c2cc(Br)c(Br)o2)cc(OC)c1OC. The lowest BCUT2D eigenvalue weighted by molar-refractivity contribution is -0.120. The number of carbonyl (C=O) groups excluding carboxylic acids is 2. The number of amides is 2. The Hall–Kier alpha value is -2.53. The number of halogens is 2. The molecule has 1 heterocycles. The van der Waals surface area contributed by atoms with Gasteiger partial charge in [0.05, 0.1) is 38.6 Å². The Morgan fingerprint density at radius 1 is 1.11 bits per heavy atom. The second kappa shape index (κ2) is 10.1. The molecule has 9 nitrogen and oxygen atoms in total. The Morgan fingerprint density at radius 2 is 1.75 bits per heavy atom. The van der Waals surface area contributed by atoms with Crippen molar-refractivity contribution in [2.24, 2.45) is 5.10 Å². The molecule has 0 aliphatic carbocycles. The molecular formula is C17H17Br2N3O6. The minimum Gasteiger partial charge on any atom is -0.493 e. The second-order valence-corrected chi connectivity index (χ2v) is 6.73. The fourth-order valence-corrected chi connectivity index (χ4v) is 2.72. The molecule has 0 atom stereocenters. The standard InChI is InChI=1S/C17H17Br2N3O6/c1-25-12-4-9(5-13(26-2)15(12)27-3)17(24)20-8-14(23)22-21-7-10-6-11(18)16(19)28-10/h4-7H,8H2,1-3H3,(H,20,24)(H,22,23)/b21-7-. The zero-order valence-corrected chi connectivity index (χ0v) is 18.3. The van der Waals surface area contributed by atoms with Crippen LogP contribution in [0, 0.1) is 0 Å². The van der Waals surface area contributed by atoms with Gasteiger partial charge in [0.15, 0.2) is 16.2 Å². The number of nitrogens with one attached hydrogen (secondary N) is 2. The van der Waals surface area contributed by atoms with Crippen molar-refractivity contribution < 1.29 is 28.2 Å². The van der Waals surface area contributed by atoms with Crippen LogP contribution in [-0.4, -0.2) is 45.9 Å². The number of ether oxygens (including phenoxy) is 3. The molecule has 0 unspecified atom stereocenters.